The Kier molecular flexibility index (Phi) is 21.8. The number of cyclic esters (lactones) is 1. The molecule has 1 fully saturated rings. The van der Waals surface area contributed by atoms with Crippen molar-refractivity contribution in [2.75, 3.05) is 52.7 Å². The molecule has 1 aliphatic heterocycles. The molecule has 0 aromatic carbocycles. The van der Waals surface area contributed by atoms with E-state index in [-0.39, 0.29) is 98.9 Å². The van der Waals surface area contributed by atoms with Crippen molar-refractivity contribution in [3.63, 3.8) is 0 Å². The fraction of sp³-hybridized carbons (Fsp3) is 0.788. The monoisotopic (exact) mass is 754 g/mol. The Bertz CT molecular complexity index is 1030. The van der Waals surface area contributed by atoms with Crippen LogP contribution in [0.25, 0.3) is 0 Å². The number of carbonyl (C=O) groups excluding carboxylic acids is 3. The Balaban J connectivity index is 0.00000361. The van der Waals surface area contributed by atoms with Crippen LogP contribution in [0.2, 0.25) is 0 Å². The molecule has 0 saturated carbocycles. The average Bonchev–Trinajstić information content (AvgIpc) is 2.98. The molecule has 262 valence electrons. The van der Waals surface area contributed by atoms with Crippen LogP contribution >= 0.6 is 12.1 Å². The van der Waals surface area contributed by atoms with E-state index in [1.165, 1.54) is 5.57 Å². The third kappa shape index (κ3) is 17.4. The van der Waals surface area contributed by atoms with Crippen molar-refractivity contribution in [2.24, 2.45) is 29.1 Å². The van der Waals surface area contributed by atoms with Crippen molar-refractivity contribution >= 4 is 36.7 Å². The number of aliphatic hydroxyl groups excluding tert-OH is 1. The quantitative estimate of drug-likeness (QED) is 0.121. The van der Waals surface area contributed by atoms with Gasteiger partial charge >= 0.3 is 30.8 Å². The molecule has 2 amide bonds. The van der Waals surface area contributed by atoms with Gasteiger partial charge in [-0.25, -0.2) is 4.79 Å². The van der Waals surface area contributed by atoms with Crippen LogP contribution in [0.4, 0.5) is 4.79 Å². The minimum atomic E-state index is -0.643. The first kappa shape index (κ1) is 43.9. The van der Waals surface area contributed by atoms with Crippen molar-refractivity contribution in [2.45, 2.75) is 85.0 Å². The molecular weight excluding hydrogens is 700 g/mol. The first-order chi connectivity index (χ1) is 21.9. The summed E-state index contributed by atoms with van der Waals surface area (Å²) in [7, 11) is 0. The van der Waals surface area contributed by atoms with Crippen LogP contribution in [0, 0.1) is 29.1 Å². The molecule has 3 N–H and O–H groups in total. The minimum Gasteiger partial charge on any atom is 0 e. The molecule has 0 bridgehead atoms. The van der Waals surface area contributed by atoms with E-state index in [9.17, 15) is 19.5 Å². The molecule has 7 atom stereocenters. The number of amides is 2. The number of allylic oxidation sites excluding steroid dienone is 3. The summed E-state index contributed by atoms with van der Waals surface area (Å²) >= 11 is 3.58. The third-order valence-electron chi connectivity index (χ3n) is 8.22. The van der Waals surface area contributed by atoms with Crippen molar-refractivity contribution in [1.82, 2.24) is 10.6 Å². The van der Waals surface area contributed by atoms with Gasteiger partial charge in [0.1, 0.15) is 18.8 Å². The van der Waals surface area contributed by atoms with Gasteiger partial charge < -0.3 is 39.4 Å². The number of esters is 1. The molecule has 14 heteroatoms. The summed E-state index contributed by atoms with van der Waals surface area (Å²) in [5.41, 5.74) is 1.23. The topological polar surface area (TPSA) is 142 Å². The van der Waals surface area contributed by atoms with Crippen LogP contribution in [0.3, 0.4) is 0 Å². The molecule has 3 aliphatic rings. The zero-order chi connectivity index (χ0) is 34.1. The summed E-state index contributed by atoms with van der Waals surface area (Å²) in [6.07, 6.45) is 7.76. The van der Waals surface area contributed by atoms with Crippen molar-refractivity contribution in [3.05, 3.63) is 23.8 Å². The van der Waals surface area contributed by atoms with E-state index in [1.54, 1.807) is 0 Å². The van der Waals surface area contributed by atoms with Crippen LogP contribution in [-0.4, -0.2) is 101 Å². The van der Waals surface area contributed by atoms with Gasteiger partial charge in [-0.2, -0.15) is 0 Å². The van der Waals surface area contributed by atoms with Gasteiger partial charge in [0, 0.05) is 58.1 Å². The number of rotatable bonds is 16. The van der Waals surface area contributed by atoms with Crippen molar-refractivity contribution in [1.29, 1.82) is 0 Å². The van der Waals surface area contributed by atoms with Gasteiger partial charge in [0.15, 0.2) is 0 Å². The van der Waals surface area contributed by atoms with Crippen LogP contribution in [0.5, 0.6) is 0 Å². The van der Waals surface area contributed by atoms with Crippen molar-refractivity contribution < 1.29 is 75.9 Å². The molecule has 0 unspecified atom stereocenters. The van der Waals surface area contributed by atoms with Gasteiger partial charge in [0.2, 0.25) is 5.91 Å². The first-order valence-electron chi connectivity index (χ1n) is 16.4. The van der Waals surface area contributed by atoms with E-state index in [4.69, 9.17) is 23.7 Å². The van der Waals surface area contributed by atoms with Gasteiger partial charge in [-0.15, -0.1) is 0 Å². The van der Waals surface area contributed by atoms with Crippen LogP contribution < -0.4 is 10.6 Å². The van der Waals surface area contributed by atoms with E-state index in [2.05, 4.69) is 82.3 Å². The molecular formula is C33H54BN2O9SY. The molecule has 11 nitrogen and oxygen atoms in total. The largest absolute Gasteiger partial charge is 0 e. The summed E-state index contributed by atoms with van der Waals surface area (Å²) in [6.45, 7) is 17.2. The van der Waals surface area contributed by atoms with Gasteiger partial charge in [0.05, 0.1) is 45.6 Å². The fourth-order valence-corrected chi connectivity index (χ4v) is 6.06. The predicted molar refractivity (Wildman–Crippen MR) is 178 cm³/mol. The van der Waals surface area contributed by atoms with Gasteiger partial charge in [-0.1, -0.05) is 52.8 Å². The number of hydrogen-bond acceptors (Lipinski definition) is 10. The molecule has 1 saturated heterocycles. The Labute approximate surface area is 312 Å². The Morgan fingerprint density at radius 3 is 2.34 bits per heavy atom. The number of nitrogens with one attached hydrogen (secondary N) is 2. The van der Waals surface area contributed by atoms with Crippen LogP contribution in [0.15, 0.2) is 23.8 Å². The second-order valence-electron chi connectivity index (χ2n) is 13.6. The van der Waals surface area contributed by atoms with Gasteiger partial charge in [0.25, 0.3) is 0 Å². The Morgan fingerprint density at radius 2 is 1.68 bits per heavy atom. The summed E-state index contributed by atoms with van der Waals surface area (Å²) in [5, 5.41) is 15.6. The SMILES string of the molecule is C[C@H]1C=C2C=C[C@H](C)[C@H](CC[C@@H]3C[C@@H](O)CC(=O)O3)[C@H]2[C@@H](OC(=O)NCCOCCOCCOCC(=O)NCC(C)(C)C)C1.[B]=S.[Y]. The first-order valence-corrected chi connectivity index (χ1v) is 16.8. The molecule has 0 spiro atoms. The number of hydrogen-bond donors (Lipinski definition) is 3. The van der Waals surface area contributed by atoms with E-state index < -0.39 is 12.2 Å². The standard InChI is InChI=1S/C33H54N2O9.BS.Y/c1-22-16-24-7-6-23(2)27(9-8-26-18-25(36)19-30(38)43-26)31(24)28(17-22)44-32(39)34-10-11-40-12-13-41-14-15-42-20-29(37)35-21-33(3,4)5;1-2;/h6-7,16,22-23,25-28,31,36H,8-15,17-21H2,1-5H3,(H,34,39)(H,35,37);;/t22-,23-,25+,26+,27-,28-,31-;;/m0../s1. The summed E-state index contributed by atoms with van der Waals surface area (Å²) in [6, 6.07) is 0. The van der Waals surface area contributed by atoms with Crippen LogP contribution in [-0.2, 0) is 66.0 Å². The number of carbonyl (C=O) groups is 3. The average molecular weight is 755 g/mol. The fourth-order valence-electron chi connectivity index (χ4n) is 6.06. The van der Waals surface area contributed by atoms with E-state index in [0.29, 0.717) is 59.0 Å². The second-order valence-corrected chi connectivity index (χ2v) is 13.6. The summed E-state index contributed by atoms with van der Waals surface area (Å²) in [5.74, 6) is 0.380. The predicted octanol–water partition coefficient (Wildman–Crippen LogP) is 3.81. The Morgan fingerprint density at radius 1 is 1.02 bits per heavy atom. The molecule has 47 heavy (non-hydrogen) atoms. The molecule has 0 aromatic heterocycles. The number of ether oxygens (including phenoxy) is 5. The van der Waals surface area contributed by atoms with E-state index in [1.807, 2.05) is 0 Å². The molecule has 1 heterocycles. The normalized spacial score (nSPS) is 26.7. The minimum absolute atomic E-state index is 0. The van der Waals surface area contributed by atoms with Gasteiger partial charge in [-0.3, -0.25) is 9.59 Å². The molecule has 2 radical (unpaired) electrons. The number of fused-ring (bicyclic) bond motifs is 1. The van der Waals surface area contributed by atoms with E-state index in [0.717, 1.165) is 12.8 Å². The van der Waals surface area contributed by atoms with Crippen LogP contribution in [0.1, 0.15) is 66.7 Å². The smallest absolute Gasteiger partial charge is 0 e. The van der Waals surface area contributed by atoms with Crippen molar-refractivity contribution in [3.8, 4) is 0 Å². The molecule has 3 rings (SSSR count). The summed E-state index contributed by atoms with van der Waals surface area (Å²) in [4.78, 5) is 36.3. The number of alkyl carbamates (subject to hydrolysis) is 1. The second kappa shape index (κ2) is 23.3. The summed E-state index contributed by atoms with van der Waals surface area (Å²) < 4.78 is 27.8. The third-order valence-corrected chi connectivity index (χ3v) is 8.22. The maximum absolute atomic E-state index is 12.8. The zero-order valence-corrected chi connectivity index (χ0v) is 32.4. The molecule has 0 aromatic rings. The maximum atomic E-state index is 12.8. The Hall–Kier alpha value is -1.08. The maximum Gasteiger partial charge on any atom is 0 e. The zero-order valence-electron chi connectivity index (χ0n) is 28.7. The van der Waals surface area contributed by atoms with E-state index >= 15 is 0 Å². The molecule has 2 aliphatic carbocycles. The van der Waals surface area contributed by atoms with Gasteiger partial charge in [-0.05, 0) is 48.0 Å². The number of aliphatic hydroxyl groups is 1.